The lowest BCUT2D eigenvalue weighted by Crippen LogP contribution is -2.24. The predicted octanol–water partition coefficient (Wildman–Crippen LogP) is 3.47. The predicted molar refractivity (Wildman–Crippen MR) is 81.8 cm³/mol. The maximum atomic E-state index is 11.3. The molecule has 0 aliphatic carbocycles. The van der Waals surface area contributed by atoms with E-state index in [9.17, 15) is 8.42 Å². The lowest BCUT2D eigenvalue weighted by Gasteiger charge is -2.20. The van der Waals surface area contributed by atoms with Gasteiger partial charge in [0.25, 0.3) is 0 Å². The number of hydrogen-bond acceptors (Lipinski definition) is 3. The van der Waals surface area contributed by atoms with Crippen LogP contribution in [0.4, 0.5) is 0 Å². The van der Waals surface area contributed by atoms with E-state index in [1.165, 1.54) is 6.26 Å². The van der Waals surface area contributed by atoms with Crippen molar-refractivity contribution in [3.05, 3.63) is 33.8 Å². The second-order valence-electron chi connectivity index (χ2n) is 4.59. The number of hydrogen-bond donors (Lipinski definition) is 1. The van der Waals surface area contributed by atoms with Gasteiger partial charge in [-0.25, -0.2) is 8.42 Å². The molecule has 0 spiro atoms. The van der Waals surface area contributed by atoms with E-state index in [0.717, 1.165) is 18.5 Å². The smallest absolute Gasteiger partial charge is 0.147 e. The largest absolute Gasteiger partial charge is 0.310 e. The zero-order valence-electron chi connectivity index (χ0n) is 11.1. The van der Waals surface area contributed by atoms with E-state index in [1.54, 1.807) is 18.2 Å². The zero-order chi connectivity index (χ0) is 14.5. The Labute approximate surface area is 125 Å². The van der Waals surface area contributed by atoms with Crippen LogP contribution >= 0.6 is 23.2 Å². The van der Waals surface area contributed by atoms with Gasteiger partial charge in [-0.2, -0.15) is 0 Å². The summed E-state index contributed by atoms with van der Waals surface area (Å²) < 4.78 is 22.6. The summed E-state index contributed by atoms with van der Waals surface area (Å²) in [6.45, 7) is 2.86. The fourth-order valence-corrected chi connectivity index (χ4v) is 2.89. The highest BCUT2D eigenvalue weighted by molar-refractivity contribution is 7.90. The molecule has 0 heterocycles. The van der Waals surface area contributed by atoms with Crippen molar-refractivity contribution in [1.29, 1.82) is 0 Å². The monoisotopic (exact) mass is 323 g/mol. The Kier molecular flexibility index (Phi) is 6.60. The van der Waals surface area contributed by atoms with E-state index in [-0.39, 0.29) is 11.8 Å². The first-order valence-corrected chi connectivity index (χ1v) is 9.01. The van der Waals surface area contributed by atoms with Gasteiger partial charge in [0.2, 0.25) is 0 Å². The summed E-state index contributed by atoms with van der Waals surface area (Å²) in [6, 6.07) is 5.15. The fraction of sp³-hybridized carbons (Fsp3) is 0.538. The lowest BCUT2D eigenvalue weighted by atomic mass is 10.0. The van der Waals surface area contributed by atoms with Crippen molar-refractivity contribution in [1.82, 2.24) is 5.32 Å². The molecule has 1 atom stereocenters. The molecule has 0 radical (unpaired) electrons. The molecule has 0 fully saturated rings. The zero-order valence-corrected chi connectivity index (χ0v) is 13.4. The Morgan fingerprint density at radius 3 is 2.58 bits per heavy atom. The Balaban J connectivity index is 2.91. The topological polar surface area (TPSA) is 46.2 Å². The van der Waals surface area contributed by atoms with Gasteiger partial charge in [-0.15, -0.1) is 0 Å². The first-order valence-electron chi connectivity index (χ1n) is 6.19. The van der Waals surface area contributed by atoms with Crippen molar-refractivity contribution in [2.24, 2.45) is 0 Å². The first-order chi connectivity index (χ1) is 8.83. The summed E-state index contributed by atoms with van der Waals surface area (Å²) in [7, 11) is -2.99. The third-order valence-electron chi connectivity index (χ3n) is 2.75. The van der Waals surface area contributed by atoms with E-state index in [4.69, 9.17) is 23.2 Å². The minimum absolute atomic E-state index is 0.0964. The molecule has 0 aliphatic rings. The Morgan fingerprint density at radius 1 is 1.32 bits per heavy atom. The van der Waals surface area contributed by atoms with Gasteiger partial charge in [0.05, 0.1) is 5.75 Å². The van der Waals surface area contributed by atoms with Gasteiger partial charge in [-0.05, 0) is 43.1 Å². The number of sulfone groups is 1. The van der Waals surface area contributed by atoms with Crippen molar-refractivity contribution in [3.63, 3.8) is 0 Å². The van der Waals surface area contributed by atoms with Gasteiger partial charge in [-0.3, -0.25) is 0 Å². The van der Waals surface area contributed by atoms with Crippen LogP contribution in [-0.4, -0.2) is 27.0 Å². The van der Waals surface area contributed by atoms with E-state index >= 15 is 0 Å². The molecule has 1 aromatic carbocycles. The van der Waals surface area contributed by atoms with Crippen LogP contribution in [0.15, 0.2) is 18.2 Å². The van der Waals surface area contributed by atoms with Gasteiger partial charge >= 0.3 is 0 Å². The fourth-order valence-electron chi connectivity index (χ4n) is 1.80. The molecule has 1 rings (SSSR count). The molecule has 0 saturated heterocycles. The molecule has 3 nitrogen and oxygen atoms in total. The second-order valence-corrected chi connectivity index (χ2v) is 7.69. The molecule has 1 aromatic rings. The third-order valence-corrected chi connectivity index (χ3v) is 4.31. The Hall–Kier alpha value is -0.290. The van der Waals surface area contributed by atoms with Crippen molar-refractivity contribution >= 4 is 33.0 Å². The first kappa shape index (κ1) is 16.8. The minimum atomic E-state index is -2.99. The van der Waals surface area contributed by atoms with Crippen molar-refractivity contribution in [3.8, 4) is 0 Å². The highest BCUT2D eigenvalue weighted by Crippen LogP contribution is 2.28. The Bertz CT molecular complexity index is 517. The summed E-state index contributed by atoms with van der Waals surface area (Å²) >= 11 is 12.2. The summed E-state index contributed by atoms with van der Waals surface area (Å²) in [5.41, 5.74) is 0.853. The second kappa shape index (κ2) is 7.48. The molecule has 19 heavy (non-hydrogen) atoms. The average molecular weight is 324 g/mol. The average Bonchev–Trinajstić information content (AvgIpc) is 2.32. The number of rotatable bonds is 7. The molecule has 0 bridgehead atoms. The number of nitrogens with one attached hydrogen (secondary N) is 1. The SMILES string of the molecule is CCCNC(CCS(C)(=O)=O)c1cc(Cl)ccc1Cl. The molecule has 1 unspecified atom stereocenters. The van der Waals surface area contributed by atoms with Crippen LogP contribution in [0.3, 0.4) is 0 Å². The normalized spacial score (nSPS) is 13.5. The van der Waals surface area contributed by atoms with Gasteiger partial charge in [0.15, 0.2) is 0 Å². The van der Waals surface area contributed by atoms with Crippen molar-refractivity contribution < 1.29 is 8.42 Å². The van der Waals surface area contributed by atoms with Crippen LogP contribution in [0.2, 0.25) is 10.0 Å². The van der Waals surface area contributed by atoms with Gasteiger partial charge in [0.1, 0.15) is 9.84 Å². The van der Waals surface area contributed by atoms with Crippen molar-refractivity contribution in [2.45, 2.75) is 25.8 Å². The highest BCUT2D eigenvalue weighted by Gasteiger charge is 2.17. The number of halogens is 2. The molecule has 1 N–H and O–H groups in total. The van der Waals surface area contributed by atoms with E-state index in [2.05, 4.69) is 12.2 Å². The van der Waals surface area contributed by atoms with Gasteiger partial charge in [-0.1, -0.05) is 30.1 Å². The molecule has 6 heteroatoms. The van der Waals surface area contributed by atoms with Crippen LogP contribution < -0.4 is 5.32 Å². The van der Waals surface area contributed by atoms with Crippen LogP contribution in [0.1, 0.15) is 31.4 Å². The van der Waals surface area contributed by atoms with Crippen LogP contribution in [0, 0.1) is 0 Å². The molecule has 108 valence electrons. The third kappa shape index (κ3) is 6.13. The van der Waals surface area contributed by atoms with Crippen LogP contribution in [-0.2, 0) is 9.84 Å². The maximum absolute atomic E-state index is 11.3. The van der Waals surface area contributed by atoms with Gasteiger partial charge in [0, 0.05) is 22.3 Å². The minimum Gasteiger partial charge on any atom is -0.310 e. The summed E-state index contributed by atoms with van der Waals surface area (Å²) in [5.74, 6) is 0.122. The molecular formula is C13H19Cl2NO2S. The van der Waals surface area contributed by atoms with E-state index in [1.807, 2.05) is 0 Å². The van der Waals surface area contributed by atoms with E-state index in [0.29, 0.717) is 16.5 Å². The highest BCUT2D eigenvalue weighted by atomic mass is 35.5. The molecule has 0 aliphatic heterocycles. The quantitative estimate of drug-likeness (QED) is 0.835. The van der Waals surface area contributed by atoms with Crippen molar-refractivity contribution in [2.75, 3.05) is 18.6 Å². The summed E-state index contributed by atoms with van der Waals surface area (Å²) in [4.78, 5) is 0. The lowest BCUT2D eigenvalue weighted by molar-refractivity contribution is 0.514. The molecule has 0 amide bonds. The Morgan fingerprint density at radius 2 is 2.00 bits per heavy atom. The standard InChI is InChI=1S/C13H19Cl2NO2S/c1-3-7-16-13(6-8-19(2,17)18)11-9-10(14)4-5-12(11)15/h4-5,9,13,16H,3,6-8H2,1-2H3. The van der Waals surface area contributed by atoms with Crippen LogP contribution in [0.5, 0.6) is 0 Å². The molecular weight excluding hydrogens is 305 g/mol. The van der Waals surface area contributed by atoms with E-state index < -0.39 is 9.84 Å². The molecule has 0 saturated carbocycles. The summed E-state index contributed by atoms with van der Waals surface area (Å²) in [6.07, 6.45) is 2.69. The maximum Gasteiger partial charge on any atom is 0.147 e. The summed E-state index contributed by atoms with van der Waals surface area (Å²) in [5, 5.41) is 4.52. The van der Waals surface area contributed by atoms with Gasteiger partial charge < -0.3 is 5.32 Å². The number of benzene rings is 1. The molecule has 0 aromatic heterocycles. The van der Waals surface area contributed by atoms with Crippen LogP contribution in [0.25, 0.3) is 0 Å².